The van der Waals surface area contributed by atoms with Crippen molar-refractivity contribution in [3.8, 4) is 0 Å². The molecule has 1 unspecified atom stereocenters. The molecule has 134 valence electrons. The first kappa shape index (κ1) is 19.0. The van der Waals surface area contributed by atoms with E-state index in [0.29, 0.717) is 0 Å². The molecule has 1 aliphatic rings. The molecule has 1 aliphatic carbocycles. The summed E-state index contributed by atoms with van der Waals surface area (Å²) in [6.07, 6.45) is -3.28. The van der Waals surface area contributed by atoms with Crippen LogP contribution in [0.25, 0.3) is 0 Å². The van der Waals surface area contributed by atoms with E-state index in [9.17, 15) is 23.1 Å². The van der Waals surface area contributed by atoms with E-state index in [-0.39, 0.29) is 6.29 Å². The highest BCUT2D eigenvalue weighted by Crippen LogP contribution is 2.45. The Hall–Kier alpha value is -1.36. The maximum atomic E-state index is 13.2. The SMILES string of the molecule is Cc1c(C)c2c(c(C(C)(C)CC(O)(C=O)C(F)(F)F)c1C)CCC2. The third-order valence-corrected chi connectivity index (χ3v) is 5.55. The summed E-state index contributed by atoms with van der Waals surface area (Å²) in [6, 6.07) is 0. The number of fused-ring (bicyclic) bond motifs is 1. The molecule has 0 aliphatic heterocycles. The third kappa shape index (κ3) is 2.87. The molecule has 0 saturated heterocycles. The maximum Gasteiger partial charge on any atom is 0.424 e. The van der Waals surface area contributed by atoms with Gasteiger partial charge in [0.1, 0.15) is 0 Å². The van der Waals surface area contributed by atoms with Crippen molar-refractivity contribution < 1.29 is 23.1 Å². The summed E-state index contributed by atoms with van der Waals surface area (Å²) in [4.78, 5) is 11.1. The largest absolute Gasteiger partial charge is 0.424 e. The van der Waals surface area contributed by atoms with Crippen LogP contribution in [0.4, 0.5) is 13.2 Å². The Morgan fingerprint density at radius 2 is 1.54 bits per heavy atom. The lowest BCUT2D eigenvalue weighted by Gasteiger charge is -2.37. The second kappa shape index (κ2) is 5.87. The number of rotatable bonds is 4. The van der Waals surface area contributed by atoms with Crippen LogP contribution >= 0.6 is 0 Å². The Bertz CT molecular complexity index is 674. The van der Waals surface area contributed by atoms with Gasteiger partial charge in [0, 0.05) is 6.42 Å². The normalized spacial score (nSPS) is 17.5. The van der Waals surface area contributed by atoms with E-state index in [0.717, 1.165) is 41.5 Å². The zero-order valence-electron chi connectivity index (χ0n) is 14.9. The van der Waals surface area contributed by atoms with Crippen LogP contribution in [0.5, 0.6) is 0 Å². The van der Waals surface area contributed by atoms with Crippen molar-refractivity contribution in [3.05, 3.63) is 33.4 Å². The minimum Gasteiger partial charge on any atom is -0.374 e. The van der Waals surface area contributed by atoms with E-state index >= 15 is 0 Å². The predicted molar refractivity (Wildman–Crippen MR) is 87.4 cm³/mol. The van der Waals surface area contributed by atoms with Crippen LogP contribution in [0.1, 0.15) is 60.1 Å². The van der Waals surface area contributed by atoms with Gasteiger partial charge in [-0.05, 0) is 78.8 Å². The number of aldehydes is 1. The zero-order chi connectivity index (χ0) is 18.5. The zero-order valence-corrected chi connectivity index (χ0v) is 14.9. The van der Waals surface area contributed by atoms with Crippen molar-refractivity contribution >= 4 is 6.29 Å². The highest BCUT2D eigenvalue weighted by atomic mass is 19.4. The minimum atomic E-state index is -4.98. The summed E-state index contributed by atoms with van der Waals surface area (Å²) in [7, 11) is 0. The summed E-state index contributed by atoms with van der Waals surface area (Å²) in [6.45, 7) is 9.33. The number of hydrogen-bond acceptors (Lipinski definition) is 2. The predicted octanol–water partition coefficient (Wildman–Crippen LogP) is 4.26. The van der Waals surface area contributed by atoms with E-state index < -0.39 is 23.6 Å². The molecule has 0 radical (unpaired) electrons. The van der Waals surface area contributed by atoms with Gasteiger partial charge in [-0.15, -0.1) is 0 Å². The van der Waals surface area contributed by atoms with Crippen molar-refractivity contribution in [2.45, 2.75) is 77.5 Å². The molecule has 1 aromatic carbocycles. The van der Waals surface area contributed by atoms with Gasteiger partial charge in [-0.2, -0.15) is 13.2 Å². The summed E-state index contributed by atoms with van der Waals surface area (Å²) >= 11 is 0. The molecule has 2 nitrogen and oxygen atoms in total. The molecule has 0 amide bonds. The topological polar surface area (TPSA) is 37.3 Å². The average molecular weight is 342 g/mol. The van der Waals surface area contributed by atoms with Crippen LogP contribution in [0.3, 0.4) is 0 Å². The van der Waals surface area contributed by atoms with Gasteiger partial charge in [0.25, 0.3) is 0 Å². The number of aliphatic hydroxyl groups is 1. The number of carbonyl (C=O) groups is 1. The molecule has 0 spiro atoms. The molecule has 0 saturated carbocycles. The Labute approximate surface area is 141 Å². The van der Waals surface area contributed by atoms with Gasteiger partial charge in [-0.25, -0.2) is 0 Å². The molecule has 1 atom stereocenters. The van der Waals surface area contributed by atoms with Gasteiger partial charge < -0.3 is 5.11 Å². The number of halogens is 3. The number of hydrogen-bond donors (Lipinski definition) is 1. The van der Waals surface area contributed by atoms with Gasteiger partial charge in [0.15, 0.2) is 6.29 Å². The minimum absolute atomic E-state index is 0.370. The molecule has 0 bridgehead atoms. The molecular formula is C19H25F3O2. The molecule has 0 aromatic heterocycles. The monoisotopic (exact) mass is 342 g/mol. The second-order valence-electron chi connectivity index (χ2n) is 7.66. The van der Waals surface area contributed by atoms with Crippen molar-refractivity contribution in [1.29, 1.82) is 0 Å². The van der Waals surface area contributed by atoms with E-state index in [1.54, 1.807) is 13.8 Å². The summed E-state index contributed by atoms with van der Waals surface area (Å²) < 4.78 is 39.6. The van der Waals surface area contributed by atoms with Gasteiger partial charge in [0.2, 0.25) is 5.60 Å². The highest BCUT2D eigenvalue weighted by molar-refractivity contribution is 5.65. The number of alkyl halides is 3. The molecule has 2 rings (SSSR count). The Morgan fingerprint density at radius 1 is 1.00 bits per heavy atom. The molecular weight excluding hydrogens is 317 g/mol. The van der Waals surface area contributed by atoms with Gasteiger partial charge in [-0.3, -0.25) is 4.79 Å². The Balaban J connectivity index is 2.61. The number of benzene rings is 1. The van der Waals surface area contributed by atoms with E-state index in [1.807, 2.05) is 13.8 Å². The van der Waals surface area contributed by atoms with E-state index in [2.05, 4.69) is 6.92 Å². The smallest absolute Gasteiger partial charge is 0.374 e. The van der Waals surface area contributed by atoms with Crippen molar-refractivity contribution in [2.75, 3.05) is 0 Å². The first-order chi connectivity index (χ1) is 10.9. The lowest BCUT2D eigenvalue weighted by atomic mass is 9.70. The summed E-state index contributed by atoms with van der Waals surface area (Å²) in [5.41, 5.74) is 2.16. The Kier molecular flexibility index (Phi) is 4.64. The molecule has 0 heterocycles. The summed E-state index contributed by atoms with van der Waals surface area (Å²) in [5.74, 6) is 0. The molecule has 0 fully saturated rings. The molecule has 1 aromatic rings. The van der Waals surface area contributed by atoms with Crippen molar-refractivity contribution in [3.63, 3.8) is 0 Å². The third-order valence-electron chi connectivity index (χ3n) is 5.55. The van der Waals surface area contributed by atoms with Crippen LogP contribution in [-0.2, 0) is 23.1 Å². The quantitative estimate of drug-likeness (QED) is 0.830. The van der Waals surface area contributed by atoms with Crippen LogP contribution in [-0.4, -0.2) is 23.2 Å². The van der Waals surface area contributed by atoms with Gasteiger partial charge >= 0.3 is 6.18 Å². The van der Waals surface area contributed by atoms with Crippen molar-refractivity contribution in [2.24, 2.45) is 0 Å². The van der Waals surface area contributed by atoms with Crippen LogP contribution in [0.15, 0.2) is 0 Å². The molecule has 1 N–H and O–H groups in total. The van der Waals surface area contributed by atoms with Crippen LogP contribution < -0.4 is 0 Å². The fourth-order valence-electron chi connectivity index (χ4n) is 4.24. The first-order valence-electron chi connectivity index (χ1n) is 8.23. The van der Waals surface area contributed by atoms with E-state index in [4.69, 9.17) is 0 Å². The van der Waals surface area contributed by atoms with Gasteiger partial charge in [-0.1, -0.05) is 13.8 Å². The van der Waals surface area contributed by atoms with Crippen LogP contribution in [0, 0.1) is 20.8 Å². The fourth-order valence-corrected chi connectivity index (χ4v) is 4.24. The van der Waals surface area contributed by atoms with E-state index in [1.165, 1.54) is 11.1 Å². The Morgan fingerprint density at radius 3 is 2.04 bits per heavy atom. The standard InChI is InChI=1S/C19H25F3O2/c1-11-12(2)14-7-6-8-15(14)16(13(11)3)17(4,5)9-18(24,10-23)19(20,21)22/h10,24H,6-9H2,1-5H3. The average Bonchev–Trinajstić information content (AvgIpc) is 2.91. The fraction of sp³-hybridized carbons (Fsp3) is 0.632. The first-order valence-corrected chi connectivity index (χ1v) is 8.23. The maximum absolute atomic E-state index is 13.2. The second-order valence-corrected chi connectivity index (χ2v) is 7.66. The van der Waals surface area contributed by atoms with Crippen molar-refractivity contribution in [1.82, 2.24) is 0 Å². The summed E-state index contributed by atoms with van der Waals surface area (Å²) in [5, 5.41) is 9.92. The van der Waals surface area contributed by atoms with Gasteiger partial charge in [0.05, 0.1) is 0 Å². The molecule has 24 heavy (non-hydrogen) atoms. The number of carbonyl (C=O) groups excluding carboxylic acids is 1. The lowest BCUT2D eigenvalue weighted by Crippen LogP contribution is -2.50. The lowest BCUT2D eigenvalue weighted by molar-refractivity contribution is -0.250. The molecule has 5 heteroatoms. The van der Waals surface area contributed by atoms with Crippen LogP contribution in [0.2, 0.25) is 0 Å². The highest BCUT2D eigenvalue weighted by Gasteiger charge is 2.56.